The molecule has 9 nitrogen and oxygen atoms in total. The number of fused-ring (bicyclic) bond motifs is 2. The SMILES string of the molecule is CCn1c(C)nc2c(NC(=O)N3CCN(C)CC3)cc(Nc3ncc4cccc(C)c4n3)cc21. The van der Waals surface area contributed by atoms with Crippen molar-refractivity contribution in [1.29, 1.82) is 0 Å². The van der Waals surface area contributed by atoms with Gasteiger partial charge in [0.25, 0.3) is 0 Å². The van der Waals surface area contributed by atoms with E-state index in [2.05, 4.69) is 39.1 Å². The van der Waals surface area contributed by atoms with Gasteiger partial charge in [-0.15, -0.1) is 0 Å². The highest BCUT2D eigenvalue weighted by Gasteiger charge is 2.21. The van der Waals surface area contributed by atoms with Gasteiger partial charge in [-0.1, -0.05) is 18.2 Å². The Bertz CT molecular complexity index is 1370. The summed E-state index contributed by atoms with van der Waals surface area (Å²) in [5.74, 6) is 1.42. The van der Waals surface area contributed by atoms with E-state index in [1.807, 2.05) is 55.3 Å². The molecule has 0 spiro atoms. The lowest BCUT2D eigenvalue weighted by atomic mass is 10.1. The summed E-state index contributed by atoms with van der Waals surface area (Å²) in [4.78, 5) is 31.1. The lowest BCUT2D eigenvalue weighted by Gasteiger charge is -2.32. The van der Waals surface area contributed by atoms with Crippen LogP contribution in [0.3, 0.4) is 0 Å². The number of amides is 2. The number of nitrogens with zero attached hydrogens (tertiary/aromatic N) is 6. The van der Waals surface area contributed by atoms with Gasteiger partial charge in [-0.2, -0.15) is 0 Å². The van der Waals surface area contributed by atoms with Gasteiger partial charge in [0.15, 0.2) is 0 Å². The topological polar surface area (TPSA) is 91.2 Å². The number of aromatic nitrogens is 4. The minimum Gasteiger partial charge on any atom is -0.328 e. The molecule has 2 aromatic heterocycles. The number of para-hydroxylation sites is 1. The summed E-state index contributed by atoms with van der Waals surface area (Å²) in [6, 6.07) is 9.90. The van der Waals surface area contributed by atoms with Crippen LogP contribution in [0.1, 0.15) is 18.3 Å². The van der Waals surface area contributed by atoms with Crippen molar-refractivity contribution in [3.8, 4) is 0 Å². The zero-order valence-electron chi connectivity index (χ0n) is 20.1. The van der Waals surface area contributed by atoms with Gasteiger partial charge in [-0.25, -0.2) is 19.7 Å². The number of anilines is 3. The van der Waals surface area contributed by atoms with E-state index in [1.165, 1.54) is 0 Å². The van der Waals surface area contributed by atoms with Crippen LogP contribution in [0.4, 0.5) is 22.1 Å². The maximum Gasteiger partial charge on any atom is 0.321 e. The molecular formula is C25H30N8O. The minimum atomic E-state index is -0.104. The molecule has 9 heteroatoms. The van der Waals surface area contributed by atoms with E-state index in [1.54, 1.807) is 0 Å². The highest BCUT2D eigenvalue weighted by Crippen LogP contribution is 2.30. The van der Waals surface area contributed by atoms with Crippen LogP contribution < -0.4 is 10.6 Å². The predicted octanol–water partition coefficient (Wildman–Crippen LogP) is 4.14. The summed E-state index contributed by atoms with van der Waals surface area (Å²) >= 11 is 0. The molecular weight excluding hydrogens is 428 g/mol. The second kappa shape index (κ2) is 8.90. The molecule has 0 saturated carbocycles. The molecule has 2 aromatic carbocycles. The first-order valence-corrected chi connectivity index (χ1v) is 11.7. The highest BCUT2D eigenvalue weighted by molar-refractivity contribution is 6.01. The number of rotatable bonds is 4. The van der Waals surface area contributed by atoms with E-state index in [9.17, 15) is 4.79 Å². The van der Waals surface area contributed by atoms with Gasteiger partial charge in [0, 0.05) is 50.0 Å². The van der Waals surface area contributed by atoms with Crippen LogP contribution in [0.5, 0.6) is 0 Å². The molecule has 34 heavy (non-hydrogen) atoms. The van der Waals surface area contributed by atoms with Crippen molar-refractivity contribution in [1.82, 2.24) is 29.3 Å². The maximum absolute atomic E-state index is 13.0. The normalized spacial score (nSPS) is 14.6. The molecule has 1 fully saturated rings. The first-order valence-electron chi connectivity index (χ1n) is 11.7. The number of hydrogen-bond acceptors (Lipinski definition) is 6. The molecule has 0 unspecified atom stereocenters. The first kappa shape index (κ1) is 22.1. The molecule has 0 radical (unpaired) electrons. The lowest BCUT2D eigenvalue weighted by Crippen LogP contribution is -2.48. The largest absolute Gasteiger partial charge is 0.328 e. The molecule has 2 N–H and O–H groups in total. The van der Waals surface area contributed by atoms with Crippen molar-refractivity contribution in [3.63, 3.8) is 0 Å². The summed E-state index contributed by atoms with van der Waals surface area (Å²) in [7, 11) is 2.07. The van der Waals surface area contributed by atoms with Gasteiger partial charge >= 0.3 is 6.03 Å². The summed E-state index contributed by atoms with van der Waals surface area (Å²) in [5, 5.41) is 7.45. The number of likely N-dealkylation sites (N-methyl/N-ethyl adjacent to an activating group) is 1. The number of imidazole rings is 1. The number of hydrogen-bond donors (Lipinski definition) is 2. The Balaban J connectivity index is 1.51. The molecule has 176 valence electrons. The summed E-state index contributed by atoms with van der Waals surface area (Å²) in [5.41, 5.74) is 5.22. The molecule has 0 aliphatic carbocycles. The minimum absolute atomic E-state index is 0.104. The Hall–Kier alpha value is -3.72. The third kappa shape index (κ3) is 4.14. The van der Waals surface area contributed by atoms with Crippen molar-refractivity contribution in [2.24, 2.45) is 0 Å². The smallest absolute Gasteiger partial charge is 0.321 e. The fourth-order valence-electron chi connectivity index (χ4n) is 4.50. The lowest BCUT2D eigenvalue weighted by molar-refractivity contribution is 0.164. The van der Waals surface area contributed by atoms with Crippen LogP contribution in [-0.4, -0.2) is 68.6 Å². The van der Waals surface area contributed by atoms with Gasteiger partial charge < -0.3 is 25.0 Å². The molecule has 0 atom stereocenters. The zero-order chi connectivity index (χ0) is 23.8. The molecule has 4 aromatic rings. The standard InChI is InChI=1S/C25H30N8O/c1-5-33-17(3)27-23-20(29-25(34)32-11-9-31(4)10-12-32)13-19(14-21(23)33)28-24-26-15-18-8-6-7-16(2)22(18)30-24/h6-8,13-15H,5,9-12H2,1-4H3,(H,29,34)(H,26,28,30). The van der Waals surface area contributed by atoms with E-state index in [-0.39, 0.29) is 6.03 Å². The van der Waals surface area contributed by atoms with E-state index >= 15 is 0 Å². The van der Waals surface area contributed by atoms with E-state index in [0.717, 1.165) is 58.6 Å². The number of benzene rings is 2. The van der Waals surface area contributed by atoms with Crippen LogP contribution in [-0.2, 0) is 6.54 Å². The number of piperazine rings is 1. The average molecular weight is 459 g/mol. The van der Waals surface area contributed by atoms with Gasteiger partial charge in [-0.3, -0.25) is 0 Å². The highest BCUT2D eigenvalue weighted by atomic mass is 16.2. The van der Waals surface area contributed by atoms with Crippen molar-refractivity contribution in [3.05, 3.63) is 47.9 Å². The summed E-state index contributed by atoms with van der Waals surface area (Å²) in [6.07, 6.45) is 1.83. The number of urea groups is 1. The van der Waals surface area contributed by atoms with Crippen molar-refractivity contribution >= 4 is 45.3 Å². The number of aryl methyl sites for hydroxylation is 3. The second-order valence-corrected chi connectivity index (χ2v) is 8.85. The molecule has 1 aliphatic heterocycles. The molecule has 5 rings (SSSR count). The van der Waals surface area contributed by atoms with Crippen LogP contribution >= 0.6 is 0 Å². The number of carbonyl (C=O) groups excluding carboxylic acids is 1. The van der Waals surface area contributed by atoms with E-state index < -0.39 is 0 Å². The number of carbonyl (C=O) groups is 1. The Labute approximate surface area is 198 Å². The second-order valence-electron chi connectivity index (χ2n) is 8.85. The Morgan fingerprint density at radius 2 is 1.85 bits per heavy atom. The van der Waals surface area contributed by atoms with Crippen LogP contribution in [0, 0.1) is 13.8 Å². The van der Waals surface area contributed by atoms with Crippen molar-refractivity contribution in [2.75, 3.05) is 43.9 Å². The maximum atomic E-state index is 13.0. The average Bonchev–Trinajstić information content (AvgIpc) is 3.15. The van der Waals surface area contributed by atoms with Crippen LogP contribution in [0.2, 0.25) is 0 Å². The molecule has 2 amide bonds. The molecule has 1 saturated heterocycles. The molecule has 0 bridgehead atoms. The Morgan fingerprint density at radius 3 is 2.62 bits per heavy atom. The zero-order valence-corrected chi connectivity index (χ0v) is 20.1. The Morgan fingerprint density at radius 1 is 1.06 bits per heavy atom. The van der Waals surface area contributed by atoms with E-state index in [4.69, 9.17) is 9.97 Å². The number of nitrogens with one attached hydrogen (secondary N) is 2. The van der Waals surface area contributed by atoms with Crippen LogP contribution in [0.25, 0.3) is 21.9 Å². The third-order valence-corrected chi connectivity index (χ3v) is 6.46. The first-order chi connectivity index (χ1) is 16.4. The quantitative estimate of drug-likeness (QED) is 0.478. The molecule has 1 aliphatic rings. The van der Waals surface area contributed by atoms with Gasteiger partial charge in [-0.05, 0) is 45.5 Å². The van der Waals surface area contributed by atoms with Crippen molar-refractivity contribution < 1.29 is 4.79 Å². The van der Waals surface area contributed by atoms with Gasteiger partial charge in [0.05, 0.1) is 16.7 Å². The van der Waals surface area contributed by atoms with E-state index in [0.29, 0.717) is 24.7 Å². The Kier molecular flexibility index (Phi) is 5.79. The fourth-order valence-corrected chi connectivity index (χ4v) is 4.50. The summed E-state index contributed by atoms with van der Waals surface area (Å²) < 4.78 is 2.14. The summed E-state index contributed by atoms with van der Waals surface area (Å²) in [6.45, 7) is 10.0. The van der Waals surface area contributed by atoms with Gasteiger partial charge in [0.1, 0.15) is 11.3 Å². The molecule has 3 heterocycles. The monoisotopic (exact) mass is 458 g/mol. The van der Waals surface area contributed by atoms with Gasteiger partial charge in [0.2, 0.25) is 5.95 Å². The third-order valence-electron chi connectivity index (χ3n) is 6.46. The van der Waals surface area contributed by atoms with Crippen molar-refractivity contribution in [2.45, 2.75) is 27.3 Å². The fraction of sp³-hybridized carbons (Fsp3) is 0.360. The predicted molar refractivity (Wildman–Crippen MR) is 136 cm³/mol. The van der Waals surface area contributed by atoms with Crippen LogP contribution in [0.15, 0.2) is 36.5 Å².